The lowest BCUT2D eigenvalue weighted by molar-refractivity contribution is 0.00655. The Labute approximate surface area is 106 Å². The fraction of sp³-hybridized carbons (Fsp3) is 1.00. The van der Waals surface area contributed by atoms with Gasteiger partial charge < -0.3 is 4.74 Å². The van der Waals surface area contributed by atoms with E-state index in [1.165, 1.54) is 32.1 Å². The van der Waals surface area contributed by atoms with Crippen LogP contribution >= 0.6 is 0 Å². The van der Waals surface area contributed by atoms with Crippen LogP contribution in [0.1, 0.15) is 59.3 Å². The van der Waals surface area contributed by atoms with Crippen molar-refractivity contribution in [2.45, 2.75) is 71.4 Å². The van der Waals surface area contributed by atoms with Crippen LogP contribution in [0.25, 0.3) is 0 Å². The number of nitrogens with two attached hydrogens (primary N) is 1. The second kappa shape index (κ2) is 8.06. The Bertz CT molecular complexity index is 191. The summed E-state index contributed by atoms with van der Waals surface area (Å²) in [6.45, 7) is 7.33. The maximum absolute atomic E-state index is 5.81. The zero-order valence-electron chi connectivity index (χ0n) is 11.7. The molecule has 0 radical (unpaired) electrons. The van der Waals surface area contributed by atoms with Crippen LogP contribution in [0.15, 0.2) is 0 Å². The molecule has 1 aliphatic rings. The molecule has 2 atom stereocenters. The van der Waals surface area contributed by atoms with E-state index in [1.807, 2.05) is 0 Å². The van der Waals surface area contributed by atoms with Crippen LogP contribution in [0.5, 0.6) is 0 Å². The molecule has 0 saturated heterocycles. The summed E-state index contributed by atoms with van der Waals surface area (Å²) in [5.74, 6) is 7.38. The van der Waals surface area contributed by atoms with Crippen molar-refractivity contribution in [2.24, 2.45) is 17.7 Å². The summed E-state index contributed by atoms with van der Waals surface area (Å²) >= 11 is 0. The third-order valence-electron chi connectivity index (χ3n) is 4.35. The predicted octanol–water partition coefficient (Wildman–Crippen LogP) is 2.85. The topological polar surface area (TPSA) is 47.3 Å². The Morgan fingerprint density at radius 3 is 2.24 bits per heavy atom. The van der Waals surface area contributed by atoms with Crippen LogP contribution in [0.4, 0.5) is 0 Å². The summed E-state index contributed by atoms with van der Waals surface area (Å²) in [5, 5.41) is 0. The van der Waals surface area contributed by atoms with Crippen molar-refractivity contribution in [1.82, 2.24) is 5.43 Å². The molecule has 17 heavy (non-hydrogen) atoms. The van der Waals surface area contributed by atoms with Crippen molar-refractivity contribution in [2.75, 3.05) is 6.61 Å². The van der Waals surface area contributed by atoms with Gasteiger partial charge in [-0.1, -0.05) is 33.1 Å². The van der Waals surface area contributed by atoms with Gasteiger partial charge in [0.05, 0.1) is 12.1 Å². The summed E-state index contributed by atoms with van der Waals surface area (Å²) in [7, 11) is 0. The first-order valence-corrected chi connectivity index (χ1v) is 7.34. The van der Waals surface area contributed by atoms with Gasteiger partial charge >= 0.3 is 0 Å². The van der Waals surface area contributed by atoms with E-state index in [9.17, 15) is 0 Å². The molecule has 0 aromatic heterocycles. The Hall–Kier alpha value is -0.120. The molecule has 102 valence electrons. The average Bonchev–Trinajstić information content (AvgIpc) is 2.39. The van der Waals surface area contributed by atoms with Crippen LogP contribution < -0.4 is 11.3 Å². The van der Waals surface area contributed by atoms with Crippen LogP contribution in [-0.4, -0.2) is 18.8 Å². The number of hydrogen-bond donors (Lipinski definition) is 2. The van der Waals surface area contributed by atoms with Gasteiger partial charge in [-0.15, -0.1) is 0 Å². The van der Waals surface area contributed by atoms with E-state index in [1.54, 1.807) is 0 Å². The zero-order chi connectivity index (χ0) is 12.7. The van der Waals surface area contributed by atoms with E-state index < -0.39 is 0 Å². The van der Waals surface area contributed by atoms with E-state index in [0.717, 1.165) is 18.9 Å². The molecule has 1 fully saturated rings. The van der Waals surface area contributed by atoms with Crippen molar-refractivity contribution >= 4 is 0 Å². The highest BCUT2D eigenvalue weighted by molar-refractivity contribution is 4.85. The molecule has 1 rings (SSSR count). The Morgan fingerprint density at radius 2 is 1.82 bits per heavy atom. The number of ether oxygens (including phenoxy) is 1. The third kappa shape index (κ3) is 4.23. The highest BCUT2D eigenvalue weighted by atomic mass is 16.5. The summed E-state index contributed by atoms with van der Waals surface area (Å²) in [5.41, 5.74) is 3.02. The first kappa shape index (κ1) is 14.9. The molecule has 1 saturated carbocycles. The highest BCUT2D eigenvalue weighted by Gasteiger charge is 2.31. The van der Waals surface area contributed by atoms with Crippen LogP contribution in [0, 0.1) is 11.8 Å². The van der Waals surface area contributed by atoms with Gasteiger partial charge in [-0.2, -0.15) is 0 Å². The lowest BCUT2D eigenvalue weighted by Crippen LogP contribution is -2.50. The van der Waals surface area contributed by atoms with Crippen LogP contribution in [-0.2, 0) is 4.74 Å². The van der Waals surface area contributed by atoms with Gasteiger partial charge in [0.25, 0.3) is 0 Å². The van der Waals surface area contributed by atoms with Gasteiger partial charge in [0.1, 0.15) is 0 Å². The molecule has 2 unspecified atom stereocenters. The van der Waals surface area contributed by atoms with E-state index in [0.29, 0.717) is 12.0 Å². The fourth-order valence-electron chi connectivity index (χ4n) is 3.19. The highest BCUT2D eigenvalue weighted by Crippen LogP contribution is 2.33. The zero-order valence-corrected chi connectivity index (χ0v) is 11.7. The Balaban J connectivity index is 2.49. The largest absolute Gasteiger partial charge is 0.377 e. The quantitative estimate of drug-likeness (QED) is 0.533. The van der Waals surface area contributed by atoms with E-state index >= 15 is 0 Å². The summed E-state index contributed by atoms with van der Waals surface area (Å²) < 4.78 is 5.81. The maximum Gasteiger partial charge on any atom is 0.0741 e. The van der Waals surface area contributed by atoms with Crippen molar-refractivity contribution in [3.05, 3.63) is 0 Å². The van der Waals surface area contributed by atoms with E-state index in [2.05, 4.69) is 26.2 Å². The maximum atomic E-state index is 5.81. The van der Waals surface area contributed by atoms with Crippen molar-refractivity contribution in [3.63, 3.8) is 0 Å². The molecule has 1 aliphatic carbocycles. The summed E-state index contributed by atoms with van der Waals surface area (Å²) in [6.07, 6.45) is 7.97. The number of hydrogen-bond acceptors (Lipinski definition) is 3. The summed E-state index contributed by atoms with van der Waals surface area (Å²) in [6, 6.07) is 0.331. The van der Waals surface area contributed by atoms with Gasteiger partial charge in [-0.3, -0.25) is 11.3 Å². The molecule has 0 aromatic rings. The summed E-state index contributed by atoms with van der Waals surface area (Å²) in [4.78, 5) is 0. The van der Waals surface area contributed by atoms with Gasteiger partial charge in [-0.05, 0) is 38.0 Å². The standard InChI is InChI=1S/C14H30N2O/c1-4-11-7-9-12(10-8-11)14(16-15)13(5-2)17-6-3/h11-14,16H,4-10,15H2,1-3H3. The van der Waals surface area contributed by atoms with Gasteiger partial charge in [0.2, 0.25) is 0 Å². The molecule has 0 bridgehead atoms. The van der Waals surface area contributed by atoms with Gasteiger partial charge in [0, 0.05) is 6.61 Å². The molecule has 3 heteroatoms. The smallest absolute Gasteiger partial charge is 0.0741 e. The molecule has 3 N–H and O–H groups in total. The molecular formula is C14H30N2O. The molecule has 0 heterocycles. The lowest BCUT2D eigenvalue weighted by Gasteiger charge is -2.37. The van der Waals surface area contributed by atoms with Gasteiger partial charge in [-0.25, -0.2) is 0 Å². The number of rotatable bonds is 7. The van der Waals surface area contributed by atoms with Crippen LogP contribution in [0.3, 0.4) is 0 Å². The van der Waals surface area contributed by atoms with Gasteiger partial charge in [0.15, 0.2) is 0 Å². The molecule has 0 spiro atoms. The SMILES string of the molecule is CCOC(CC)C(NN)C1CCC(CC)CC1. The van der Waals surface area contributed by atoms with E-state index in [-0.39, 0.29) is 6.10 Å². The Kier molecular flexibility index (Phi) is 7.09. The van der Waals surface area contributed by atoms with Crippen molar-refractivity contribution in [1.29, 1.82) is 0 Å². The molecule has 0 aromatic carbocycles. The van der Waals surface area contributed by atoms with Crippen molar-refractivity contribution < 1.29 is 4.74 Å². The minimum atomic E-state index is 0.271. The second-order valence-corrected chi connectivity index (χ2v) is 5.28. The first-order valence-electron chi connectivity index (χ1n) is 7.34. The fourth-order valence-corrected chi connectivity index (χ4v) is 3.19. The van der Waals surface area contributed by atoms with Crippen LogP contribution in [0.2, 0.25) is 0 Å². The van der Waals surface area contributed by atoms with E-state index in [4.69, 9.17) is 10.6 Å². The normalized spacial score (nSPS) is 28.9. The third-order valence-corrected chi connectivity index (χ3v) is 4.35. The lowest BCUT2D eigenvalue weighted by atomic mass is 9.76. The minimum absolute atomic E-state index is 0.271. The molecular weight excluding hydrogens is 212 g/mol. The predicted molar refractivity (Wildman–Crippen MR) is 72.6 cm³/mol. The van der Waals surface area contributed by atoms with Crippen molar-refractivity contribution in [3.8, 4) is 0 Å². The number of hydrazine groups is 1. The molecule has 0 aliphatic heterocycles. The minimum Gasteiger partial charge on any atom is -0.377 e. The first-order chi connectivity index (χ1) is 8.26. The average molecular weight is 242 g/mol. The Morgan fingerprint density at radius 1 is 1.18 bits per heavy atom. The molecule has 3 nitrogen and oxygen atoms in total. The molecule has 0 amide bonds. The number of nitrogens with one attached hydrogen (secondary N) is 1. The second-order valence-electron chi connectivity index (χ2n) is 5.28. The monoisotopic (exact) mass is 242 g/mol.